The first-order valence-corrected chi connectivity index (χ1v) is 5.22. The molecule has 0 aromatic rings. The highest BCUT2D eigenvalue weighted by atomic mass is 14.4. The minimum atomic E-state index is 0.443. The largest absolute Gasteiger partial charge is 0.0654 e. The monoisotopic (exact) mass is 170 g/mol. The average Bonchev–Trinajstić information content (AvgIpc) is 1.84. The van der Waals surface area contributed by atoms with Crippen molar-refractivity contribution in [1.29, 1.82) is 0 Å². The Labute approximate surface area is 78.8 Å². The number of rotatable bonds is 3. The molecule has 0 saturated heterocycles. The van der Waals surface area contributed by atoms with Gasteiger partial charge in [-0.15, -0.1) is 0 Å². The Morgan fingerprint density at radius 1 is 1.00 bits per heavy atom. The van der Waals surface area contributed by atoms with Crippen molar-refractivity contribution in [2.75, 3.05) is 0 Å². The van der Waals surface area contributed by atoms with Crippen LogP contribution in [-0.2, 0) is 0 Å². The van der Waals surface area contributed by atoms with E-state index >= 15 is 0 Å². The standard InChI is InChI=1S/C12H26/c1-8-9-12(6,7)10(2)11(3,4)5/h10H,8-9H2,1-7H3. The maximum atomic E-state index is 2.40. The van der Waals surface area contributed by atoms with Crippen LogP contribution in [0.2, 0.25) is 0 Å². The molecule has 0 radical (unpaired) electrons. The van der Waals surface area contributed by atoms with Gasteiger partial charge in [-0.05, 0) is 23.2 Å². The van der Waals surface area contributed by atoms with E-state index in [9.17, 15) is 0 Å². The van der Waals surface area contributed by atoms with Crippen molar-refractivity contribution in [3.05, 3.63) is 0 Å². The fourth-order valence-electron chi connectivity index (χ4n) is 2.03. The molecule has 0 bridgehead atoms. The molecule has 0 amide bonds. The van der Waals surface area contributed by atoms with E-state index in [-0.39, 0.29) is 0 Å². The van der Waals surface area contributed by atoms with E-state index in [0.717, 1.165) is 5.92 Å². The van der Waals surface area contributed by atoms with Crippen molar-refractivity contribution in [3.63, 3.8) is 0 Å². The second-order valence-electron chi connectivity index (χ2n) is 5.83. The zero-order chi connectivity index (χ0) is 9.99. The van der Waals surface area contributed by atoms with Gasteiger partial charge in [-0.2, -0.15) is 0 Å². The lowest BCUT2D eigenvalue weighted by atomic mass is 9.65. The van der Waals surface area contributed by atoms with Gasteiger partial charge in [0, 0.05) is 0 Å². The normalized spacial score (nSPS) is 16.2. The van der Waals surface area contributed by atoms with Crippen LogP contribution in [0.1, 0.15) is 61.3 Å². The molecule has 0 spiro atoms. The SMILES string of the molecule is CCCC(C)(C)C(C)C(C)(C)C. The predicted octanol–water partition coefficient (Wildman–Crippen LogP) is 4.49. The third kappa shape index (κ3) is 3.16. The van der Waals surface area contributed by atoms with Gasteiger partial charge >= 0.3 is 0 Å². The number of hydrogen-bond acceptors (Lipinski definition) is 0. The van der Waals surface area contributed by atoms with Crippen molar-refractivity contribution in [2.45, 2.75) is 61.3 Å². The maximum absolute atomic E-state index is 2.40. The predicted molar refractivity (Wildman–Crippen MR) is 57.3 cm³/mol. The summed E-state index contributed by atoms with van der Waals surface area (Å²) in [5, 5.41) is 0. The van der Waals surface area contributed by atoms with Crippen LogP contribution in [0.4, 0.5) is 0 Å². The Balaban J connectivity index is 4.34. The molecule has 12 heavy (non-hydrogen) atoms. The summed E-state index contributed by atoms with van der Waals surface area (Å²) in [7, 11) is 0. The Bertz CT molecular complexity index is 125. The summed E-state index contributed by atoms with van der Waals surface area (Å²) in [5.41, 5.74) is 0.936. The molecule has 0 saturated carbocycles. The molecule has 1 atom stereocenters. The van der Waals surface area contributed by atoms with E-state index in [4.69, 9.17) is 0 Å². The summed E-state index contributed by atoms with van der Waals surface area (Å²) in [6, 6.07) is 0. The third-order valence-electron chi connectivity index (χ3n) is 3.37. The lowest BCUT2D eigenvalue weighted by molar-refractivity contribution is 0.0941. The van der Waals surface area contributed by atoms with E-state index in [1.165, 1.54) is 12.8 Å². The van der Waals surface area contributed by atoms with Gasteiger partial charge in [-0.25, -0.2) is 0 Å². The lowest BCUT2D eigenvalue weighted by Gasteiger charge is -2.40. The van der Waals surface area contributed by atoms with Crippen LogP contribution in [0, 0.1) is 16.7 Å². The molecule has 0 N–H and O–H groups in total. The van der Waals surface area contributed by atoms with E-state index in [0.29, 0.717) is 10.8 Å². The molecule has 0 aliphatic carbocycles. The zero-order valence-corrected chi connectivity index (χ0v) is 9.99. The maximum Gasteiger partial charge on any atom is -0.0324 e. The fourth-order valence-corrected chi connectivity index (χ4v) is 2.03. The molecule has 1 unspecified atom stereocenters. The molecule has 0 aliphatic heterocycles. The average molecular weight is 170 g/mol. The molecule has 0 aromatic heterocycles. The van der Waals surface area contributed by atoms with Crippen LogP contribution in [0.15, 0.2) is 0 Å². The number of hydrogen-bond donors (Lipinski definition) is 0. The van der Waals surface area contributed by atoms with E-state index in [1.807, 2.05) is 0 Å². The highest BCUT2D eigenvalue weighted by Gasteiger charge is 2.33. The first-order valence-electron chi connectivity index (χ1n) is 5.22. The Morgan fingerprint density at radius 3 is 1.67 bits per heavy atom. The second-order valence-corrected chi connectivity index (χ2v) is 5.83. The Morgan fingerprint density at radius 2 is 1.42 bits per heavy atom. The first-order chi connectivity index (χ1) is 5.22. The summed E-state index contributed by atoms with van der Waals surface area (Å²) in [5.74, 6) is 0.782. The first kappa shape index (κ1) is 12.0. The summed E-state index contributed by atoms with van der Waals surface area (Å²) in [4.78, 5) is 0. The second kappa shape index (κ2) is 3.81. The molecular formula is C12H26. The summed E-state index contributed by atoms with van der Waals surface area (Å²) in [6.07, 6.45) is 2.64. The van der Waals surface area contributed by atoms with Crippen LogP contribution in [0.5, 0.6) is 0 Å². The van der Waals surface area contributed by atoms with Crippen LogP contribution >= 0.6 is 0 Å². The molecule has 0 aliphatic rings. The van der Waals surface area contributed by atoms with Gasteiger partial charge in [0.1, 0.15) is 0 Å². The highest BCUT2D eigenvalue weighted by Crippen LogP contribution is 2.42. The van der Waals surface area contributed by atoms with Gasteiger partial charge in [0.05, 0.1) is 0 Å². The molecule has 74 valence electrons. The zero-order valence-electron chi connectivity index (χ0n) is 9.99. The van der Waals surface area contributed by atoms with Gasteiger partial charge in [-0.1, -0.05) is 54.9 Å². The van der Waals surface area contributed by atoms with Crippen LogP contribution in [0.3, 0.4) is 0 Å². The van der Waals surface area contributed by atoms with Crippen molar-refractivity contribution in [1.82, 2.24) is 0 Å². The van der Waals surface area contributed by atoms with Crippen molar-refractivity contribution in [2.24, 2.45) is 16.7 Å². The van der Waals surface area contributed by atoms with Gasteiger partial charge < -0.3 is 0 Å². The third-order valence-corrected chi connectivity index (χ3v) is 3.37. The summed E-state index contributed by atoms with van der Waals surface area (Å²) < 4.78 is 0. The summed E-state index contributed by atoms with van der Waals surface area (Å²) >= 11 is 0. The fraction of sp³-hybridized carbons (Fsp3) is 1.00. The molecular weight excluding hydrogens is 144 g/mol. The highest BCUT2D eigenvalue weighted by molar-refractivity contribution is 4.83. The van der Waals surface area contributed by atoms with E-state index < -0.39 is 0 Å². The van der Waals surface area contributed by atoms with Gasteiger partial charge in [-0.3, -0.25) is 0 Å². The minimum Gasteiger partial charge on any atom is -0.0654 e. The molecule has 0 nitrogen and oxygen atoms in total. The van der Waals surface area contributed by atoms with Crippen LogP contribution in [0.25, 0.3) is 0 Å². The molecule has 0 fully saturated rings. The van der Waals surface area contributed by atoms with Gasteiger partial charge in [0.2, 0.25) is 0 Å². The Hall–Kier alpha value is 0. The molecule has 0 heteroatoms. The van der Waals surface area contributed by atoms with Crippen LogP contribution < -0.4 is 0 Å². The van der Waals surface area contributed by atoms with Crippen molar-refractivity contribution >= 4 is 0 Å². The van der Waals surface area contributed by atoms with E-state index in [1.54, 1.807) is 0 Å². The van der Waals surface area contributed by atoms with Gasteiger partial charge in [0.15, 0.2) is 0 Å². The van der Waals surface area contributed by atoms with Crippen LogP contribution in [-0.4, -0.2) is 0 Å². The van der Waals surface area contributed by atoms with Gasteiger partial charge in [0.25, 0.3) is 0 Å². The van der Waals surface area contributed by atoms with Crippen molar-refractivity contribution in [3.8, 4) is 0 Å². The quantitative estimate of drug-likeness (QED) is 0.585. The molecule has 0 rings (SSSR count). The Kier molecular flexibility index (Phi) is 3.81. The topological polar surface area (TPSA) is 0 Å². The molecule has 0 aromatic carbocycles. The van der Waals surface area contributed by atoms with Crippen molar-refractivity contribution < 1.29 is 0 Å². The smallest absolute Gasteiger partial charge is 0.0324 e. The lowest BCUT2D eigenvalue weighted by Crippen LogP contribution is -2.32. The minimum absolute atomic E-state index is 0.443. The summed E-state index contributed by atoms with van der Waals surface area (Å²) in [6.45, 7) is 16.5. The molecule has 0 heterocycles. The van der Waals surface area contributed by atoms with E-state index in [2.05, 4.69) is 48.5 Å².